The van der Waals surface area contributed by atoms with E-state index in [1.54, 1.807) is 22.9 Å². The van der Waals surface area contributed by atoms with Gasteiger partial charge in [0, 0.05) is 21.7 Å². The van der Waals surface area contributed by atoms with Gasteiger partial charge in [0.15, 0.2) is 11.5 Å². The van der Waals surface area contributed by atoms with Crippen LogP contribution in [0.15, 0.2) is 53.1 Å². The van der Waals surface area contributed by atoms with Gasteiger partial charge < -0.3 is 9.84 Å². The fourth-order valence-electron chi connectivity index (χ4n) is 3.20. The van der Waals surface area contributed by atoms with Crippen molar-refractivity contribution in [3.63, 3.8) is 0 Å². The minimum absolute atomic E-state index is 0.124. The fraction of sp³-hybridized carbons (Fsp3) is 0.136. The van der Waals surface area contributed by atoms with E-state index in [-0.39, 0.29) is 5.69 Å². The molecule has 0 radical (unpaired) electrons. The van der Waals surface area contributed by atoms with Gasteiger partial charge in [-0.1, -0.05) is 58.2 Å². The van der Waals surface area contributed by atoms with Gasteiger partial charge in [0.25, 0.3) is 5.91 Å². The largest absolute Gasteiger partial charge is 0.355 e. The van der Waals surface area contributed by atoms with Gasteiger partial charge in [-0.3, -0.25) is 9.48 Å². The first-order chi connectivity index (χ1) is 14.8. The van der Waals surface area contributed by atoms with E-state index in [9.17, 15) is 4.79 Å². The van der Waals surface area contributed by atoms with E-state index >= 15 is 0 Å². The van der Waals surface area contributed by atoms with Crippen LogP contribution in [0, 0.1) is 13.8 Å². The molecule has 0 bridgehead atoms. The summed E-state index contributed by atoms with van der Waals surface area (Å²) in [4.78, 5) is 12.8. The van der Waals surface area contributed by atoms with E-state index in [1.807, 2.05) is 38.1 Å². The normalized spacial score (nSPS) is 11.0. The van der Waals surface area contributed by atoms with Crippen LogP contribution >= 0.6 is 34.8 Å². The summed E-state index contributed by atoms with van der Waals surface area (Å²) in [5.74, 6) is -0.0433. The van der Waals surface area contributed by atoms with Crippen molar-refractivity contribution in [2.45, 2.75) is 20.4 Å². The summed E-state index contributed by atoms with van der Waals surface area (Å²) in [6.07, 6.45) is 0. The molecular weight excluding hydrogens is 459 g/mol. The quantitative estimate of drug-likeness (QED) is 0.362. The van der Waals surface area contributed by atoms with Crippen molar-refractivity contribution in [3.05, 3.63) is 86.2 Å². The number of carbonyl (C=O) groups is 1. The van der Waals surface area contributed by atoms with Crippen molar-refractivity contribution in [3.8, 4) is 11.3 Å². The van der Waals surface area contributed by atoms with Crippen LogP contribution in [0.3, 0.4) is 0 Å². The number of carbonyl (C=O) groups excluding carboxylic acids is 1. The second-order valence-corrected chi connectivity index (χ2v) is 8.20. The zero-order valence-corrected chi connectivity index (χ0v) is 18.9. The number of aromatic nitrogens is 3. The van der Waals surface area contributed by atoms with Crippen LogP contribution in [0.25, 0.3) is 11.3 Å². The number of halogens is 3. The topological polar surface area (TPSA) is 73.0 Å². The highest BCUT2D eigenvalue weighted by Gasteiger charge is 2.20. The molecule has 158 valence electrons. The Morgan fingerprint density at radius 3 is 2.58 bits per heavy atom. The molecule has 2 aromatic carbocycles. The second kappa shape index (κ2) is 8.75. The van der Waals surface area contributed by atoms with Crippen molar-refractivity contribution in [2.75, 3.05) is 5.32 Å². The van der Waals surface area contributed by atoms with Crippen LogP contribution < -0.4 is 5.32 Å². The van der Waals surface area contributed by atoms with E-state index in [4.69, 9.17) is 39.3 Å². The summed E-state index contributed by atoms with van der Waals surface area (Å²) in [5, 5.41) is 12.9. The van der Waals surface area contributed by atoms with Crippen molar-refractivity contribution < 1.29 is 9.32 Å². The Kier molecular flexibility index (Phi) is 6.05. The Morgan fingerprint density at radius 2 is 1.84 bits per heavy atom. The summed E-state index contributed by atoms with van der Waals surface area (Å²) < 4.78 is 7.11. The number of benzene rings is 2. The number of rotatable bonds is 5. The van der Waals surface area contributed by atoms with Crippen molar-refractivity contribution in [1.29, 1.82) is 0 Å². The summed E-state index contributed by atoms with van der Waals surface area (Å²) >= 11 is 18.4. The third-order valence-corrected chi connectivity index (χ3v) is 5.75. The zero-order valence-electron chi connectivity index (χ0n) is 16.6. The maximum atomic E-state index is 12.8. The van der Waals surface area contributed by atoms with Gasteiger partial charge in [0.2, 0.25) is 0 Å². The minimum atomic E-state index is -0.413. The van der Waals surface area contributed by atoms with Crippen molar-refractivity contribution in [1.82, 2.24) is 14.9 Å². The van der Waals surface area contributed by atoms with E-state index < -0.39 is 5.91 Å². The van der Waals surface area contributed by atoms with Crippen molar-refractivity contribution >= 4 is 46.4 Å². The lowest BCUT2D eigenvalue weighted by atomic mass is 10.1. The molecule has 6 nitrogen and oxygen atoms in total. The summed E-state index contributed by atoms with van der Waals surface area (Å²) in [5.41, 5.74) is 3.76. The second-order valence-electron chi connectivity index (χ2n) is 6.95. The summed E-state index contributed by atoms with van der Waals surface area (Å²) in [6.45, 7) is 4.20. The number of aryl methyl sites for hydroxylation is 1. The predicted octanol–water partition coefficient (Wildman–Crippen LogP) is 6.42. The molecule has 0 spiro atoms. The van der Waals surface area contributed by atoms with Gasteiger partial charge in [-0.15, -0.1) is 0 Å². The van der Waals surface area contributed by atoms with Crippen molar-refractivity contribution in [2.24, 2.45) is 0 Å². The Bertz CT molecular complexity index is 1280. The van der Waals surface area contributed by atoms with Gasteiger partial charge >= 0.3 is 0 Å². The lowest BCUT2D eigenvalue weighted by molar-refractivity contribution is 0.101. The smallest absolute Gasteiger partial charge is 0.277 e. The number of nitrogens with one attached hydrogen (secondary N) is 1. The molecule has 0 aliphatic heterocycles. The number of anilines is 1. The Labute approximate surface area is 193 Å². The fourth-order valence-corrected chi connectivity index (χ4v) is 3.89. The lowest BCUT2D eigenvalue weighted by Crippen LogP contribution is -2.13. The van der Waals surface area contributed by atoms with Crippen LogP contribution in [-0.2, 0) is 6.54 Å². The molecule has 0 aliphatic rings. The van der Waals surface area contributed by atoms with Crippen LogP contribution in [0.4, 0.5) is 5.69 Å². The molecule has 0 saturated carbocycles. The van der Waals surface area contributed by atoms with Gasteiger partial charge in [-0.05, 0) is 43.7 Å². The molecule has 2 heterocycles. The number of hydrogen-bond donors (Lipinski definition) is 1. The third-order valence-electron chi connectivity index (χ3n) is 4.84. The molecule has 4 aromatic rings. The predicted molar refractivity (Wildman–Crippen MR) is 122 cm³/mol. The minimum Gasteiger partial charge on any atom is -0.355 e. The molecule has 0 atom stereocenters. The molecule has 1 N–H and O–H groups in total. The molecule has 2 aromatic heterocycles. The maximum absolute atomic E-state index is 12.8. The molecule has 31 heavy (non-hydrogen) atoms. The van der Waals surface area contributed by atoms with E-state index in [1.165, 1.54) is 6.07 Å². The Hall–Kier alpha value is -2.80. The molecule has 9 heteroatoms. The third kappa shape index (κ3) is 4.46. The molecule has 4 rings (SSSR count). The molecule has 1 amide bonds. The standard InChI is InChI=1S/C22H17Cl3N4O2/c1-12-21(13(2)29(27-12)11-14-5-3-4-6-17(14)24)26-22(30)19-10-20(31-28-19)16-8-7-15(23)9-18(16)25/h3-10H,11H2,1-2H3,(H,26,30). The number of amides is 1. The highest BCUT2D eigenvalue weighted by molar-refractivity contribution is 6.36. The van der Waals surface area contributed by atoms with Crippen LogP contribution in [0.1, 0.15) is 27.4 Å². The first-order valence-corrected chi connectivity index (χ1v) is 10.5. The average molecular weight is 476 g/mol. The SMILES string of the molecule is Cc1nn(Cc2ccccc2Cl)c(C)c1NC(=O)c1cc(-c2ccc(Cl)cc2Cl)on1. The number of hydrogen-bond acceptors (Lipinski definition) is 4. The number of nitrogens with zero attached hydrogens (tertiary/aromatic N) is 3. The lowest BCUT2D eigenvalue weighted by Gasteiger charge is -2.07. The summed E-state index contributed by atoms with van der Waals surface area (Å²) in [6, 6.07) is 14.1. The van der Waals surface area contributed by atoms with Gasteiger partial charge in [-0.25, -0.2) is 0 Å². The first kappa shape index (κ1) is 21.4. The summed E-state index contributed by atoms with van der Waals surface area (Å²) in [7, 11) is 0. The average Bonchev–Trinajstić information content (AvgIpc) is 3.31. The molecule has 0 fully saturated rings. The molecular formula is C22H17Cl3N4O2. The molecule has 0 aliphatic carbocycles. The van der Waals surface area contributed by atoms with Crippen LogP contribution in [0.5, 0.6) is 0 Å². The Morgan fingerprint density at radius 1 is 1.06 bits per heavy atom. The Balaban J connectivity index is 1.55. The van der Waals surface area contributed by atoms with E-state index in [0.717, 1.165) is 11.3 Å². The van der Waals surface area contributed by atoms with Gasteiger partial charge in [-0.2, -0.15) is 5.10 Å². The molecule has 0 saturated heterocycles. The highest BCUT2D eigenvalue weighted by atomic mass is 35.5. The van der Waals surface area contributed by atoms with Crippen LogP contribution in [-0.4, -0.2) is 20.8 Å². The van der Waals surface area contributed by atoms with E-state index in [0.29, 0.717) is 44.3 Å². The van der Waals surface area contributed by atoms with Gasteiger partial charge in [0.1, 0.15) is 0 Å². The maximum Gasteiger partial charge on any atom is 0.277 e. The monoisotopic (exact) mass is 474 g/mol. The van der Waals surface area contributed by atoms with E-state index in [2.05, 4.69) is 15.6 Å². The van der Waals surface area contributed by atoms with Crippen LogP contribution in [0.2, 0.25) is 15.1 Å². The first-order valence-electron chi connectivity index (χ1n) is 9.34. The zero-order chi connectivity index (χ0) is 22.1. The van der Waals surface area contributed by atoms with Gasteiger partial charge in [0.05, 0.1) is 28.6 Å². The highest BCUT2D eigenvalue weighted by Crippen LogP contribution is 2.31. The molecule has 0 unspecified atom stereocenters.